The number of nitrogens with zero attached hydrogens (tertiary/aromatic N) is 3. The van der Waals surface area contributed by atoms with Crippen molar-refractivity contribution in [2.45, 2.75) is 0 Å². The highest BCUT2D eigenvalue weighted by molar-refractivity contribution is 5.92. The van der Waals surface area contributed by atoms with E-state index >= 15 is 0 Å². The van der Waals surface area contributed by atoms with Gasteiger partial charge in [-0.2, -0.15) is 0 Å². The minimum absolute atomic E-state index is 0.163. The van der Waals surface area contributed by atoms with Crippen molar-refractivity contribution in [3.8, 4) is 11.4 Å². The van der Waals surface area contributed by atoms with Crippen molar-refractivity contribution in [1.29, 1.82) is 0 Å². The fourth-order valence-electron chi connectivity index (χ4n) is 1.82. The minimum Gasteiger partial charge on any atom is -0.497 e. The number of nitrogens with one attached hydrogen (secondary N) is 1. The Morgan fingerprint density at radius 1 is 1.33 bits per heavy atom. The first kappa shape index (κ1) is 15.1. The van der Waals surface area contributed by atoms with Crippen molar-refractivity contribution in [3.05, 3.63) is 42.5 Å². The molecule has 0 atom stereocenters. The number of imidazole rings is 1. The van der Waals surface area contributed by atoms with E-state index in [-0.39, 0.29) is 5.91 Å². The van der Waals surface area contributed by atoms with Crippen LogP contribution in [0.15, 0.2) is 36.8 Å². The molecule has 21 heavy (non-hydrogen) atoms. The van der Waals surface area contributed by atoms with Crippen LogP contribution in [0.25, 0.3) is 5.69 Å². The largest absolute Gasteiger partial charge is 0.497 e. The Morgan fingerprint density at radius 3 is 2.67 bits per heavy atom. The average Bonchev–Trinajstić information content (AvgIpc) is 2.97. The van der Waals surface area contributed by atoms with E-state index in [1.165, 1.54) is 0 Å². The van der Waals surface area contributed by atoms with E-state index in [0.717, 1.165) is 18.0 Å². The summed E-state index contributed by atoms with van der Waals surface area (Å²) >= 11 is 0. The van der Waals surface area contributed by atoms with Gasteiger partial charge in [-0.3, -0.25) is 4.79 Å². The Bertz CT molecular complexity index is 590. The minimum atomic E-state index is -0.163. The number of hydrogen-bond acceptors (Lipinski definition) is 4. The molecule has 0 fully saturated rings. The molecule has 1 N–H and O–H groups in total. The van der Waals surface area contributed by atoms with E-state index in [2.05, 4.69) is 10.3 Å². The highest BCUT2D eigenvalue weighted by Gasteiger charge is 2.09. The number of rotatable bonds is 6. The smallest absolute Gasteiger partial charge is 0.271 e. The van der Waals surface area contributed by atoms with E-state index in [1.807, 2.05) is 43.3 Å². The first-order valence-electron chi connectivity index (χ1n) is 6.71. The van der Waals surface area contributed by atoms with Gasteiger partial charge in [0.2, 0.25) is 0 Å². The summed E-state index contributed by atoms with van der Waals surface area (Å²) in [6.07, 6.45) is 3.34. The van der Waals surface area contributed by atoms with Crippen molar-refractivity contribution in [2.75, 3.05) is 34.3 Å². The molecule has 1 aromatic heterocycles. The number of benzene rings is 1. The van der Waals surface area contributed by atoms with Gasteiger partial charge in [0, 0.05) is 25.0 Å². The van der Waals surface area contributed by atoms with Gasteiger partial charge in [-0.1, -0.05) is 0 Å². The number of likely N-dealkylation sites (N-methyl/N-ethyl adjacent to an activating group) is 1. The van der Waals surface area contributed by atoms with Crippen LogP contribution in [0.5, 0.6) is 5.75 Å². The molecule has 0 bridgehead atoms. The summed E-state index contributed by atoms with van der Waals surface area (Å²) in [4.78, 5) is 18.1. The van der Waals surface area contributed by atoms with Crippen LogP contribution in [0.1, 0.15) is 10.5 Å². The summed E-state index contributed by atoms with van der Waals surface area (Å²) < 4.78 is 6.92. The predicted molar refractivity (Wildman–Crippen MR) is 81.0 cm³/mol. The summed E-state index contributed by atoms with van der Waals surface area (Å²) in [5.41, 5.74) is 1.33. The van der Waals surface area contributed by atoms with E-state index in [4.69, 9.17) is 4.74 Å². The summed E-state index contributed by atoms with van der Waals surface area (Å²) in [6.45, 7) is 1.39. The van der Waals surface area contributed by atoms with Crippen LogP contribution in [-0.4, -0.2) is 54.7 Å². The third-order valence-electron chi connectivity index (χ3n) is 3.03. The fourth-order valence-corrected chi connectivity index (χ4v) is 1.82. The van der Waals surface area contributed by atoms with Gasteiger partial charge in [0.05, 0.1) is 7.11 Å². The van der Waals surface area contributed by atoms with Crippen LogP contribution >= 0.6 is 0 Å². The molecule has 1 aromatic carbocycles. The molecule has 0 aliphatic rings. The van der Waals surface area contributed by atoms with Crippen molar-refractivity contribution in [2.24, 2.45) is 0 Å². The van der Waals surface area contributed by atoms with Gasteiger partial charge in [0.25, 0.3) is 5.91 Å². The number of hydrogen-bond donors (Lipinski definition) is 1. The predicted octanol–water partition coefficient (Wildman–Crippen LogP) is 1.17. The third-order valence-corrected chi connectivity index (χ3v) is 3.03. The molecule has 0 saturated heterocycles. The number of carbonyl (C=O) groups is 1. The molecular weight excluding hydrogens is 268 g/mol. The first-order chi connectivity index (χ1) is 10.1. The van der Waals surface area contributed by atoms with Crippen LogP contribution in [-0.2, 0) is 0 Å². The molecule has 1 amide bonds. The standard InChI is InChI=1S/C15H20N4O2/c1-18(2)9-8-16-15(20)14-10-19(11-17-14)12-4-6-13(21-3)7-5-12/h4-7,10-11H,8-9H2,1-3H3,(H,16,20). The molecule has 6 heteroatoms. The molecule has 0 spiro atoms. The summed E-state index contributed by atoms with van der Waals surface area (Å²) in [5, 5.41) is 2.84. The Balaban J connectivity index is 2.01. The maximum Gasteiger partial charge on any atom is 0.271 e. The lowest BCUT2D eigenvalue weighted by Crippen LogP contribution is -2.31. The Morgan fingerprint density at radius 2 is 2.05 bits per heavy atom. The lowest BCUT2D eigenvalue weighted by atomic mass is 10.3. The summed E-state index contributed by atoms with van der Waals surface area (Å²) in [7, 11) is 5.55. The van der Waals surface area contributed by atoms with Crippen LogP contribution in [0.3, 0.4) is 0 Å². The third kappa shape index (κ3) is 4.06. The van der Waals surface area contributed by atoms with E-state index < -0.39 is 0 Å². The normalized spacial score (nSPS) is 10.7. The number of carbonyl (C=O) groups excluding carboxylic acids is 1. The van der Waals surface area contributed by atoms with E-state index in [0.29, 0.717) is 12.2 Å². The molecule has 0 unspecified atom stereocenters. The zero-order valence-corrected chi connectivity index (χ0v) is 12.5. The molecule has 6 nitrogen and oxygen atoms in total. The maximum absolute atomic E-state index is 11.9. The second-order valence-corrected chi connectivity index (χ2v) is 4.92. The van der Waals surface area contributed by atoms with Crippen molar-refractivity contribution in [1.82, 2.24) is 19.8 Å². The summed E-state index contributed by atoms with van der Waals surface area (Å²) in [6, 6.07) is 7.56. The molecule has 0 saturated carbocycles. The Labute approximate surface area is 124 Å². The quantitative estimate of drug-likeness (QED) is 0.867. The molecule has 0 aliphatic carbocycles. The van der Waals surface area contributed by atoms with E-state index in [1.54, 1.807) is 24.2 Å². The maximum atomic E-state index is 11.9. The Hall–Kier alpha value is -2.34. The molecule has 2 rings (SSSR count). The van der Waals surface area contributed by atoms with Gasteiger partial charge < -0.3 is 19.5 Å². The molecular formula is C15H20N4O2. The number of aromatic nitrogens is 2. The zero-order chi connectivity index (χ0) is 15.2. The number of amides is 1. The molecule has 1 heterocycles. The topological polar surface area (TPSA) is 59.4 Å². The monoisotopic (exact) mass is 288 g/mol. The zero-order valence-electron chi connectivity index (χ0n) is 12.5. The number of ether oxygens (including phenoxy) is 1. The van der Waals surface area contributed by atoms with Crippen LogP contribution in [0.4, 0.5) is 0 Å². The SMILES string of the molecule is COc1ccc(-n2cnc(C(=O)NCCN(C)C)c2)cc1. The van der Waals surface area contributed by atoms with Gasteiger partial charge >= 0.3 is 0 Å². The highest BCUT2D eigenvalue weighted by Crippen LogP contribution is 2.15. The molecule has 112 valence electrons. The van der Waals surface area contributed by atoms with Crippen LogP contribution in [0.2, 0.25) is 0 Å². The number of methoxy groups -OCH3 is 1. The lowest BCUT2D eigenvalue weighted by molar-refractivity contribution is 0.0946. The average molecular weight is 288 g/mol. The van der Waals surface area contributed by atoms with Crippen molar-refractivity contribution in [3.63, 3.8) is 0 Å². The van der Waals surface area contributed by atoms with Gasteiger partial charge in [-0.15, -0.1) is 0 Å². The fraction of sp³-hybridized carbons (Fsp3) is 0.333. The summed E-state index contributed by atoms with van der Waals surface area (Å²) in [5.74, 6) is 0.629. The van der Waals surface area contributed by atoms with Crippen LogP contribution < -0.4 is 10.1 Å². The Kier molecular flexibility index (Phi) is 4.94. The van der Waals surface area contributed by atoms with Gasteiger partial charge in [-0.05, 0) is 38.4 Å². The van der Waals surface area contributed by atoms with Gasteiger partial charge in [-0.25, -0.2) is 4.98 Å². The lowest BCUT2D eigenvalue weighted by Gasteiger charge is -2.09. The molecule has 0 radical (unpaired) electrons. The highest BCUT2D eigenvalue weighted by atomic mass is 16.5. The second-order valence-electron chi connectivity index (χ2n) is 4.92. The van der Waals surface area contributed by atoms with Crippen LogP contribution in [0, 0.1) is 0 Å². The van der Waals surface area contributed by atoms with Gasteiger partial charge in [0.1, 0.15) is 17.8 Å². The molecule has 0 aliphatic heterocycles. The van der Waals surface area contributed by atoms with E-state index in [9.17, 15) is 4.79 Å². The van der Waals surface area contributed by atoms with Crippen molar-refractivity contribution < 1.29 is 9.53 Å². The molecule has 2 aromatic rings. The second kappa shape index (κ2) is 6.90. The first-order valence-corrected chi connectivity index (χ1v) is 6.71. The van der Waals surface area contributed by atoms with Crippen molar-refractivity contribution >= 4 is 5.91 Å². The van der Waals surface area contributed by atoms with Gasteiger partial charge in [0.15, 0.2) is 0 Å².